The molecule has 0 aromatic heterocycles. The van der Waals surface area contributed by atoms with Gasteiger partial charge in [-0.2, -0.15) is 0 Å². The Labute approximate surface area is 87.4 Å². The average Bonchev–Trinajstić information content (AvgIpc) is 2.10. The number of hydrogen-bond acceptors (Lipinski definition) is 7. The molecule has 90 valence electrons. The third-order valence-electron chi connectivity index (χ3n) is 1.13. The fourth-order valence-corrected chi connectivity index (χ4v) is 0.629. The van der Waals surface area contributed by atoms with Crippen molar-refractivity contribution in [2.24, 2.45) is 11.5 Å². The van der Waals surface area contributed by atoms with E-state index in [2.05, 4.69) is 26.6 Å². The summed E-state index contributed by atoms with van der Waals surface area (Å²) in [6.07, 6.45) is -2.08. The van der Waals surface area contributed by atoms with E-state index in [1.807, 2.05) is 0 Å². The molecule has 0 aromatic carbocycles. The number of ether oxygens (including phenoxy) is 1. The molecule has 0 bridgehead atoms. The summed E-state index contributed by atoms with van der Waals surface area (Å²) < 4.78 is 3.96. The standard InChI is InChI=1S/C6H15N5O3.H3N/c7-1-2-9-3-4-10-11-6(13)14-5(8)12;/h9-10H,1-4,7H2,(H2,8,12)(H,11,13);1H3. The van der Waals surface area contributed by atoms with E-state index < -0.39 is 12.2 Å². The summed E-state index contributed by atoms with van der Waals surface area (Å²) in [5, 5.41) is 2.98. The van der Waals surface area contributed by atoms with Crippen molar-refractivity contribution in [3.05, 3.63) is 0 Å². The summed E-state index contributed by atoms with van der Waals surface area (Å²) in [6, 6.07) is 0. The van der Waals surface area contributed by atoms with E-state index in [0.29, 0.717) is 26.2 Å². The minimum atomic E-state index is -1.15. The van der Waals surface area contributed by atoms with Gasteiger partial charge in [-0.3, -0.25) is 5.43 Å². The number of amides is 2. The van der Waals surface area contributed by atoms with E-state index in [9.17, 15) is 9.59 Å². The lowest BCUT2D eigenvalue weighted by Crippen LogP contribution is -2.43. The fraction of sp³-hybridized carbons (Fsp3) is 0.667. The maximum Gasteiger partial charge on any atom is 0.430 e. The molecule has 0 heterocycles. The lowest BCUT2D eigenvalue weighted by atomic mass is 10.6. The Balaban J connectivity index is 0. The van der Waals surface area contributed by atoms with Crippen LogP contribution in [0.25, 0.3) is 0 Å². The summed E-state index contributed by atoms with van der Waals surface area (Å²) >= 11 is 0. The van der Waals surface area contributed by atoms with Crippen molar-refractivity contribution in [3.63, 3.8) is 0 Å². The van der Waals surface area contributed by atoms with Gasteiger partial charge in [-0.25, -0.2) is 15.0 Å². The molecular formula is C6H18N6O3. The van der Waals surface area contributed by atoms with Crippen molar-refractivity contribution in [3.8, 4) is 0 Å². The zero-order chi connectivity index (χ0) is 10.8. The molecule has 0 unspecified atom stereocenters. The van der Waals surface area contributed by atoms with Crippen LogP contribution in [0, 0.1) is 0 Å². The monoisotopic (exact) mass is 222 g/mol. The summed E-state index contributed by atoms with van der Waals surface area (Å²) in [6.45, 7) is 2.37. The maximum atomic E-state index is 10.6. The molecular weight excluding hydrogens is 204 g/mol. The number of hydrogen-bond donors (Lipinski definition) is 6. The van der Waals surface area contributed by atoms with E-state index in [1.54, 1.807) is 0 Å². The SMILES string of the molecule is N.NCCNCCNNC(=O)OC(N)=O. The number of nitrogens with one attached hydrogen (secondary N) is 3. The number of carbonyl (C=O) groups excluding carboxylic acids is 2. The topological polar surface area (TPSA) is 166 Å². The van der Waals surface area contributed by atoms with Gasteiger partial charge in [-0.05, 0) is 0 Å². The third-order valence-corrected chi connectivity index (χ3v) is 1.13. The Hall–Kier alpha value is -1.42. The molecule has 2 amide bonds. The number of primary amides is 1. The van der Waals surface area contributed by atoms with E-state index in [-0.39, 0.29) is 6.15 Å². The Morgan fingerprint density at radius 1 is 1.20 bits per heavy atom. The Kier molecular flexibility index (Phi) is 11.4. The molecule has 0 spiro atoms. The van der Waals surface area contributed by atoms with Crippen LogP contribution in [0.4, 0.5) is 9.59 Å². The molecule has 0 aliphatic carbocycles. The van der Waals surface area contributed by atoms with Crippen LogP contribution in [0.5, 0.6) is 0 Å². The van der Waals surface area contributed by atoms with Crippen molar-refractivity contribution >= 4 is 12.2 Å². The van der Waals surface area contributed by atoms with Crippen LogP contribution in [0.1, 0.15) is 0 Å². The molecule has 9 nitrogen and oxygen atoms in total. The molecule has 0 aromatic rings. The van der Waals surface area contributed by atoms with Crippen molar-refractivity contribution in [1.82, 2.24) is 22.3 Å². The van der Waals surface area contributed by atoms with Crippen LogP contribution in [0.3, 0.4) is 0 Å². The van der Waals surface area contributed by atoms with Crippen LogP contribution >= 0.6 is 0 Å². The molecule has 15 heavy (non-hydrogen) atoms. The van der Waals surface area contributed by atoms with Crippen molar-refractivity contribution in [2.45, 2.75) is 0 Å². The normalized spacial score (nSPS) is 8.87. The van der Waals surface area contributed by atoms with Gasteiger partial charge in [0.2, 0.25) is 0 Å². The molecule has 0 saturated heterocycles. The van der Waals surface area contributed by atoms with E-state index >= 15 is 0 Å². The molecule has 0 aliphatic heterocycles. The van der Waals surface area contributed by atoms with Gasteiger partial charge >= 0.3 is 12.2 Å². The predicted molar refractivity (Wildman–Crippen MR) is 54.1 cm³/mol. The van der Waals surface area contributed by atoms with Gasteiger partial charge < -0.3 is 27.7 Å². The molecule has 10 N–H and O–H groups in total. The fourth-order valence-electron chi connectivity index (χ4n) is 0.629. The molecule has 0 fully saturated rings. The van der Waals surface area contributed by atoms with Gasteiger partial charge in [0.25, 0.3) is 0 Å². The van der Waals surface area contributed by atoms with Crippen LogP contribution < -0.4 is 33.8 Å². The predicted octanol–water partition coefficient (Wildman–Crippen LogP) is -1.99. The highest BCUT2D eigenvalue weighted by Crippen LogP contribution is 1.72. The molecule has 9 heteroatoms. The largest absolute Gasteiger partial charge is 0.430 e. The second kappa shape index (κ2) is 10.7. The molecule has 0 rings (SSSR count). The van der Waals surface area contributed by atoms with Gasteiger partial charge in [-0.15, -0.1) is 0 Å². The first-order valence-corrected chi connectivity index (χ1v) is 4.07. The van der Waals surface area contributed by atoms with Gasteiger partial charge in [0.05, 0.1) is 0 Å². The highest BCUT2D eigenvalue weighted by atomic mass is 16.6. The first-order chi connectivity index (χ1) is 6.66. The van der Waals surface area contributed by atoms with Gasteiger partial charge in [0.1, 0.15) is 0 Å². The molecule has 0 saturated carbocycles. The average molecular weight is 222 g/mol. The van der Waals surface area contributed by atoms with Crippen LogP contribution in [-0.4, -0.2) is 38.4 Å². The minimum Gasteiger partial charge on any atom is -0.359 e. The molecule has 0 radical (unpaired) electrons. The first kappa shape index (κ1) is 16.0. The van der Waals surface area contributed by atoms with Gasteiger partial charge in [-0.1, -0.05) is 0 Å². The quantitative estimate of drug-likeness (QED) is 0.172. The Morgan fingerprint density at radius 3 is 2.40 bits per heavy atom. The first-order valence-electron chi connectivity index (χ1n) is 4.07. The van der Waals surface area contributed by atoms with Crippen LogP contribution in [0.2, 0.25) is 0 Å². The van der Waals surface area contributed by atoms with Gasteiger partial charge in [0, 0.05) is 26.2 Å². The van der Waals surface area contributed by atoms with E-state index in [0.717, 1.165) is 0 Å². The van der Waals surface area contributed by atoms with Crippen LogP contribution in [0.15, 0.2) is 0 Å². The van der Waals surface area contributed by atoms with Gasteiger partial charge in [0.15, 0.2) is 0 Å². The summed E-state index contributed by atoms with van der Waals surface area (Å²) in [4.78, 5) is 20.7. The molecule has 0 aliphatic rings. The minimum absolute atomic E-state index is 0. The number of carbonyl (C=O) groups is 2. The Morgan fingerprint density at radius 2 is 1.87 bits per heavy atom. The lowest BCUT2D eigenvalue weighted by molar-refractivity contribution is 0.153. The highest BCUT2D eigenvalue weighted by molar-refractivity contribution is 5.82. The van der Waals surface area contributed by atoms with Crippen molar-refractivity contribution < 1.29 is 14.3 Å². The van der Waals surface area contributed by atoms with Crippen molar-refractivity contribution in [1.29, 1.82) is 0 Å². The zero-order valence-electron chi connectivity index (χ0n) is 8.41. The summed E-state index contributed by atoms with van der Waals surface area (Å²) in [7, 11) is 0. The van der Waals surface area contributed by atoms with E-state index in [4.69, 9.17) is 5.73 Å². The molecule has 0 atom stereocenters. The lowest BCUT2D eigenvalue weighted by Gasteiger charge is -2.06. The third kappa shape index (κ3) is 12.6. The smallest absolute Gasteiger partial charge is 0.359 e. The highest BCUT2D eigenvalue weighted by Gasteiger charge is 2.03. The number of hydrazine groups is 1. The summed E-state index contributed by atoms with van der Waals surface area (Å²) in [5.41, 5.74) is 14.4. The Bertz CT molecular complexity index is 188. The second-order valence-electron chi connectivity index (χ2n) is 2.30. The zero-order valence-corrected chi connectivity index (χ0v) is 8.41. The van der Waals surface area contributed by atoms with E-state index in [1.165, 1.54) is 0 Å². The van der Waals surface area contributed by atoms with Crippen molar-refractivity contribution in [2.75, 3.05) is 26.2 Å². The number of rotatable bonds is 6. The summed E-state index contributed by atoms with van der Waals surface area (Å²) in [5.74, 6) is 0. The maximum absolute atomic E-state index is 10.6. The second-order valence-corrected chi connectivity index (χ2v) is 2.30. The van der Waals surface area contributed by atoms with Crippen LogP contribution in [-0.2, 0) is 4.74 Å². The number of nitrogens with two attached hydrogens (primary N) is 2.